The number of amides is 2. The minimum atomic E-state index is -0.678. The van der Waals surface area contributed by atoms with Crippen LogP contribution in [0.5, 0.6) is 0 Å². The Kier molecular flexibility index (Phi) is 5.63. The van der Waals surface area contributed by atoms with Crippen molar-refractivity contribution >= 4 is 23.3 Å². The Hall–Kier alpha value is -3.03. The van der Waals surface area contributed by atoms with Crippen LogP contribution in [0.15, 0.2) is 34.9 Å². The Labute approximate surface area is 158 Å². The molecule has 1 fully saturated rings. The van der Waals surface area contributed by atoms with Gasteiger partial charge in [0.15, 0.2) is 11.5 Å². The summed E-state index contributed by atoms with van der Waals surface area (Å²) in [4.78, 5) is 31.9. The fourth-order valence-corrected chi connectivity index (χ4v) is 3.16. The van der Waals surface area contributed by atoms with Crippen LogP contribution in [-0.4, -0.2) is 54.9 Å². The third-order valence-corrected chi connectivity index (χ3v) is 4.65. The molecule has 3 N–H and O–H groups in total. The van der Waals surface area contributed by atoms with Gasteiger partial charge < -0.3 is 25.3 Å². The monoisotopic (exact) mass is 371 g/mol. The van der Waals surface area contributed by atoms with Crippen LogP contribution in [-0.2, 0) is 0 Å². The number of carbonyl (C=O) groups excluding carboxylic acids is 2. The molecule has 2 aromatic rings. The van der Waals surface area contributed by atoms with E-state index in [1.807, 2.05) is 37.3 Å². The first-order valence-corrected chi connectivity index (χ1v) is 9.03. The van der Waals surface area contributed by atoms with Gasteiger partial charge in [-0.05, 0) is 43.5 Å². The Balaban J connectivity index is 1.58. The second kappa shape index (κ2) is 8.11. The molecule has 8 heteroatoms. The van der Waals surface area contributed by atoms with E-state index in [0.717, 1.165) is 30.8 Å². The number of nitrogens with two attached hydrogens (primary N) is 1. The van der Waals surface area contributed by atoms with Crippen molar-refractivity contribution < 1.29 is 14.0 Å². The Morgan fingerprint density at radius 2 is 1.96 bits per heavy atom. The summed E-state index contributed by atoms with van der Waals surface area (Å²) < 4.78 is 5.26. The van der Waals surface area contributed by atoms with Gasteiger partial charge in [0.05, 0.1) is 11.9 Å². The molecular formula is C19H25N5O3. The molecule has 2 amide bonds. The van der Waals surface area contributed by atoms with Crippen molar-refractivity contribution in [1.82, 2.24) is 9.88 Å². The standard InChI is InChI=1S/C19H25N5O3/c1-23(2)17-8-5-14(12-21-17)22-13-4-3-10-24(11-9-13)19(26)16-7-6-15(27-16)18(20)25/h5-8,12-13,22H,3-4,9-11H2,1-2H3,(H2,20,25)/t13-/m0/s1. The minimum Gasteiger partial charge on any atom is -0.446 e. The van der Waals surface area contributed by atoms with Crippen molar-refractivity contribution in [3.05, 3.63) is 42.0 Å². The SMILES string of the molecule is CN(C)c1ccc(N[C@H]2CCCN(C(=O)c3ccc(C(N)=O)o3)CC2)cn1. The van der Waals surface area contributed by atoms with Gasteiger partial charge in [0.2, 0.25) is 0 Å². The van der Waals surface area contributed by atoms with E-state index in [1.54, 1.807) is 4.90 Å². The number of nitrogens with zero attached hydrogens (tertiary/aromatic N) is 3. The topological polar surface area (TPSA) is 105 Å². The Bertz CT molecular complexity index is 800. The van der Waals surface area contributed by atoms with Gasteiger partial charge in [-0.15, -0.1) is 0 Å². The summed E-state index contributed by atoms with van der Waals surface area (Å²) in [6, 6.07) is 7.20. The summed E-state index contributed by atoms with van der Waals surface area (Å²) >= 11 is 0. The predicted octanol–water partition coefficient (Wildman–Crippen LogP) is 1.95. The Morgan fingerprint density at radius 3 is 2.59 bits per heavy atom. The molecule has 1 saturated heterocycles. The van der Waals surface area contributed by atoms with E-state index in [-0.39, 0.29) is 23.5 Å². The molecule has 144 valence electrons. The zero-order valence-electron chi connectivity index (χ0n) is 15.6. The lowest BCUT2D eigenvalue weighted by molar-refractivity contribution is 0.0726. The molecule has 0 spiro atoms. The highest BCUT2D eigenvalue weighted by Crippen LogP contribution is 2.20. The largest absolute Gasteiger partial charge is 0.446 e. The number of nitrogens with one attached hydrogen (secondary N) is 1. The van der Waals surface area contributed by atoms with E-state index < -0.39 is 5.91 Å². The predicted molar refractivity (Wildman–Crippen MR) is 103 cm³/mol. The van der Waals surface area contributed by atoms with Gasteiger partial charge in [0, 0.05) is 33.2 Å². The zero-order chi connectivity index (χ0) is 19.4. The first-order chi connectivity index (χ1) is 12.9. The molecular weight excluding hydrogens is 346 g/mol. The van der Waals surface area contributed by atoms with Crippen LogP contribution in [0.25, 0.3) is 0 Å². The molecule has 0 aliphatic carbocycles. The van der Waals surface area contributed by atoms with Gasteiger partial charge in [0.25, 0.3) is 11.8 Å². The van der Waals surface area contributed by atoms with E-state index in [4.69, 9.17) is 10.2 Å². The van der Waals surface area contributed by atoms with Crippen LogP contribution in [0, 0.1) is 0 Å². The van der Waals surface area contributed by atoms with Gasteiger partial charge in [-0.3, -0.25) is 9.59 Å². The molecule has 3 heterocycles. The van der Waals surface area contributed by atoms with Crippen LogP contribution in [0.2, 0.25) is 0 Å². The summed E-state index contributed by atoms with van der Waals surface area (Å²) in [5.74, 6) is 0.176. The average Bonchev–Trinajstić information content (AvgIpc) is 3.03. The van der Waals surface area contributed by atoms with E-state index in [9.17, 15) is 9.59 Å². The van der Waals surface area contributed by atoms with Crippen LogP contribution in [0.4, 0.5) is 11.5 Å². The number of hydrogen-bond acceptors (Lipinski definition) is 6. The van der Waals surface area contributed by atoms with Crippen molar-refractivity contribution in [2.45, 2.75) is 25.3 Å². The quantitative estimate of drug-likeness (QED) is 0.832. The maximum Gasteiger partial charge on any atom is 0.289 e. The molecule has 3 rings (SSSR count). The van der Waals surface area contributed by atoms with E-state index in [0.29, 0.717) is 13.1 Å². The summed E-state index contributed by atoms with van der Waals surface area (Å²) in [5.41, 5.74) is 6.15. The molecule has 0 unspecified atom stereocenters. The second-order valence-electron chi connectivity index (χ2n) is 6.89. The number of hydrogen-bond donors (Lipinski definition) is 2. The summed E-state index contributed by atoms with van der Waals surface area (Å²) in [7, 11) is 3.91. The number of primary amides is 1. The summed E-state index contributed by atoms with van der Waals surface area (Å²) in [6.07, 6.45) is 4.50. The lowest BCUT2D eigenvalue weighted by Crippen LogP contribution is -2.32. The first kappa shape index (κ1) is 18.8. The maximum atomic E-state index is 12.6. The summed E-state index contributed by atoms with van der Waals surface area (Å²) in [6.45, 7) is 1.27. The van der Waals surface area contributed by atoms with Crippen molar-refractivity contribution in [3.8, 4) is 0 Å². The van der Waals surface area contributed by atoms with Crippen LogP contribution < -0.4 is 16.0 Å². The van der Waals surface area contributed by atoms with E-state index >= 15 is 0 Å². The van der Waals surface area contributed by atoms with Gasteiger partial charge >= 0.3 is 0 Å². The first-order valence-electron chi connectivity index (χ1n) is 9.03. The van der Waals surface area contributed by atoms with Crippen molar-refractivity contribution in [2.24, 2.45) is 5.73 Å². The lowest BCUT2D eigenvalue weighted by atomic mass is 10.1. The molecule has 0 bridgehead atoms. The highest BCUT2D eigenvalue weighted by Gasteiger charge is 2.24. The molecule has 2 aromatic heterocycles. The number of anilines is 2. The second-order valence-corrected chi connectivity index (χ2v) is 6.89. The molecule has 0 radical (unpaired) electrons. The third kappa shape index (κ3) is 4.58. The van der Waals surface area contributed by atoms with Gasteiger partial charge in [-0.1, -0.05) is 0 Å². The smallest absolute Gasteiger partial charge is 0.289 e. The molecule has 0 saturated carbocycles. The molecule has 1 aliphatic rings. The molecule has 0 aromatic carbocycles. The molecule has 1 aliphatic heterocycles. The number of aromatic nitrogens is 1. The third-order valence-electron chi connectivity index (χ3n) is 4.65. The fraction of sp³-hybridized carbons (Fsp3) is 0.421. The molecule has 1 atom stereocenters. The Morgan fingerprint density at radius 1 is 1.19 bits per heavy atom. The number of carbonyl (C=O) groups is 2. The number of likely N-dealkylation sites (tertiary alicyclic amines) is 1. The van der Waals surface area contributed by atoms with E-state index in [2.05, 4.69) is 10.3 Å². The highest BCUT2D eigenvalue weighted by molar-refractivity contribution is 5.95. The van der Waals surface area contributed by atoms with Crippen LogP contribution in [0.3, 0.4) is 0 Å². The molecule has 27 heavy (non-hydrogen) atoms. The molecule has 8 nitrogen and oxygen atoms in total. The van der Waals surface area contributed by atoms with E-state index in [1.165, 1.54) is 12.1 Å². The highest BCUT2D eigenvalue weighted by atomic mass is 16.4. The fourth-order valence-electron chi connectivity index (χ4n) is 3.16. The lowest BCUT2D eigenvalue weighted by Gasteiger charge is -2.20. The zero-order valence-corrected chi connectivity index (χ0v) is 15.6. The van der Waals surface area contributed by atoms with Crippen LogP contribution >= 0.6 is 0 Å². The number of furan rings is 1. The van der Waals surface area contributed by atoms with Crippen molar-refractivity contribution in [3.63, 3.8) is 0 Å². The number of pyridine rings is 1. The minimum absolute atomic E-state index is 0.00128. The average molecular weight is 371 g/mol. The van der Waals surface area contributed by atoms with Crippen molar-refractivity contribution in [2.75, 3.05) is 37.4 Å². The number of rotatable bonds is 5. The van der Waals surface area contributed by atoms with Gasteiger partial charge in [0.1, 0.15) is 5.82 Å². The van der Waals surface area contributed by atoms with Gasteiger partial charge in [-0.2, -0.15) is 0 Å². The van der Waals surface area contributed by atoms with Gasteiger partial charge in [-0.25, -0.2) is 4.98 Å². The van der Waals surface area contributed by atoms with Crippen LogP contribution in [0.1, 0.15) is 40.4 Å². The maximum absolute atomic E-state index is 12.6. The normalized spacial score (nSPS) is 17.3. The summed E-state index contributed by atoms with van der Waals surface area (Å²) in [5, 5.41) is 3.50. The van der Waals surface area contributed by atoms with Crippen molar-refractivity contribution in [1.29, 1.82) is 0 Å².